The van der Waals surface area contributed by atoms with Crippen LogP contribution in [-0.2, 0) is 11.3 Å². The third-order valence-electron chi connectivity index (χ3n) is 2.33. The van der Waals surface area contributed by atoms with Crippen molar-refractivity contribution in [2.75, 3.05) is 0 Å². The summed E-state index contributed by atoms with van der Waals surface area (Å²) < 4.78 is 0. The molecule has 0 radical (unpaired) electrons. The number of amides is 1. The average Bonchev–Trinajstić information content (AvgIpc) is 2.89. The SMILES string of the molecule is O=C(NCc1ccn[nH]1)C(Cl)c1ccccc1. The summed E-state index contributed by atoms with van der Waals surface area (Å²) in [5.41, 5.74) is 1.63. The highest BCUT2D eigenvalue weighted by Crippen LogP contribution is 2.19. The van der Waals surface area contributed by atoms with E-state index in [1.54, 1.807) is 12.3 Å². The topological polar surface area (TPSA) is 57.8 Å². The number of carbonyl (C=O) groups excluding carboxylic acids is 1. The van der Waals surface area contributed by atoms with Crippen molar-refractivity contribution in [3.8, 4) is 0 Å². The standard InChI is InChI=1S/C12H12ClN3O/c13-11(9-4-2-1-3-5-9)12(17)14-8-10-6-7-15-16-10/h1-7,11H,8H2,(H,14,17)(H,15,16). The smallest absolute Gasteiger partial charge is 0.242 e. The first-order valence-electron chi connectivity index (χ1n) is 5.22. The fourth-order valence-corrected chi connectivity index (χ4v) is 1.65. The Bertz CT molecular complexity index is 470. The highest BCUT2D eigenvalue weighted by atomic mass is 35.5. The van der Waals surface area contributed by atoms with E-state index in [1.165, 1.54) is 0 Å². The van der Waals surface area contributed by atoms with Crippen molar-refractivity contribution < 1.29 is 4.79 Å². The molecule has 0 saturated heterocycles. The van der Waals surface area contributed by atoms with Gasteiger partial charge in [0.05, 0.1) is 12.2 Å². The molecule has 1 unspecified atom stereocenters. The van der Waals surface area contributed by atoms with Crippen LogP contribution < -0.4 is 5.32 Å². The molecular weight excluding hydrogens is 238 g/mol. The first kappa shape index (κ1) is 11.7. The minimum absolute atomic E-state index is 0.215. The molecule has 0 spiro atoms. The number of hydrogen-bond acceptors (Lipinski definition) is 2. The van der Waals surface area contributed by atoms with Crippen molar-refractivity contribution in [3.05, 3.63) is 53.9 Å². The maximum absolute atomic E-state index is 11.8. The lowest BCUT2D eigenvalue weighted by Gasteiger charge is -2.09. The Kier molecular flexibility index (Phi) is 3.77. The van der Waals surface area contributed by atoms with E-state index >= 15 is 0 Å². The van der Waals surface area contributed by atoms with Crippen LogP contribution in [0.2, 0.25) is 0 Å². The molecule has 0 aliphatic heterocycles. The second-order valence-corrected chi connectivity index (χ2v) is 4.01. The van der Waals surface area contributed by atoms with Crippen molar-refractivity contribution in [3.63, 3.8) is 0 Å². The van der Waals surface area contributed by atoms with Gasteiger partial charge >= 0.3 is 0 Å². The molecular formula is C12H12ClN3O. The summed E-state index contributed by atoms with van der Waals surface area (Å²) in [5, 5.41) is 8.63. The third-order valence-corrected chi connectivity index (χ3v) is 2.78. The summed E-state index contributed by atoms with van der Waals surface area (Å²) in [6.45, 7) is 0.398. The molecule has 5 heteroatoms. The van der Waals surface area contributed by atoms with Crippen LogP contribution >= 0.6 is 11.6 Å². The van der Waals surface area contributed by atoms with Crippen molar-refractivity contribution in [2.24, 2.45) is 0 Å². The van der Waals surface area contributed by atoms with E-state index in [-0.39, 0.29) is 5.91 Å². The Morgan fingerprint density at radius 3 is 2.76 bits per heavy atom. The number of benzene rings is 1. The highest BCUT2D eigenvalue weighted by Gasteiger charge is 2.16. The quantitative estimate of drug-likeness (QED) is 0.815. The Balaban J connectivity index is 1.92. The number of aromatic amines is 1. The van der Waals surface area contributed by atoms with Crippen LogP contribution in [-0.4, -0.2) is 16.1 Å². The normalized spacial score (nSPS) is 12.1. The van der Waals surface area contributed by atoms with Gasteiger partial charge in [0.15, 0.2) is 0 Å². The fourth-order valence-electron chi connectivity index (χ4n) is 1.43. The Morgan fingerprint density at radius 1 is 1.35 bits per heavy atom. The van der Waals surface area contributed by atoms with E-state index in [0.717, 1.165) is 11.3 Å². The molecule has 88 valence electrons. The van der Waals surface area contributed by atoms with Crippen LogP contribution in [0.4, 0.5) is 0 Å². The lowest BCUT2D eigenvalue weighted by molar-refractivity contribution is -0.121. The highest BCUT2D eigenvalue weighted by molar-refractivity contribution is 6.30. The lowest BCUT2D eigenvalue weighted by Crippen LogP contribution is -2.26. The van der Waals surface area contributed by atoms with Gasteiger partial charge in [-0.2, -0.15) is 5.10 Å². The molecule has 0 aliphatic rings. The Morgan fingerprint density at radius 2 is 2.12 bits per heavy atom. The van der Waals surface area contributed by atoms with Crippen molar-refractivity contribution in [2.45, 2.75) is 11.9 Å². The number of H-pyrrole nitrogens is 1. The van der Waals surface area contributed by atoms with E-state index in [1.807, 2.05) is 30.3 Å². The maximum Gasteiger partial charge on any atom is 0.242 e. The number of nitrogens with one attached hydrogen (secondary N) is 2. The van der Waals surface area contributed by atoms with Gasteiger partial charge in [0, 0.05) is 6.20 Å². The molecule has 0 saturated carbocycles. The van der Waals surface area contributed by atoms with Gasteiger partial charge < -0.3 is 5.32 Å². The molecule has 1 heterocycles. The van der Waals surface area contributed by atoms with Gasteiger partial charge in [0.25, 0.3) is 0 Å². The van der Waals surface area contributed by atoms with E-state index in [0.29, 0.717) is 6.54 Å². The van der Waals surface area contributed by atoms with Gasteiger partial charge in [0.2, 0.25) is 5.91 Å². The number of halogens is 1. The van der Waals surface area contributed by atoms with E-state index in [4.69, 9.17) is 11.6 Å². The second-order valence-electron chi connectivity index (χ2n) is 3.57. The van der Waals surface area contributed by atoms with E-state index in [2.05, 4.69) is 15.5 Å². The number of rotatable bonds is 4. The summed E-state index contributed by atoms with van der Waals surface area (Å²) in [6.07, 6.45) is 1.64. The molecule has 2 rings (SSSR count). The molecule has 1 aromatic carbocycles. The fraction of sp³-hybridized carbons (Fsp3) is 0.167. The zero-order valence-corrected chi connectivity index (χ0v) is 9.82. The Labute approximate surface area is 104 Å². The van der Waals surface area contributed by atoms with Gasteiger partial charge in [-0.1, -0.05) is 30.3 Å². The summed E-state index contributed by atoms with van der Waals surface area (Å²) in [5.74, 6) is -0.215. The molecule has 4 nitrogen and oxygen atoms in total. The molecule has 2 aromatic rings. The molecule has 0 bridgehead atoms. The zero-order valence-electron chi connectivity index (χ0n) is 9.06. The molecule has 1 amide bonds. The largest absolute Gasteiger partial charge is 0.349 e. The second kappa shape index (κ2) is 5.50. The predicted molar refractivity (Wildman–Crippen MR) is 65.5 cm³/mol. The Hall–Kier alpha value is -1.81. The van der Waals surface area contributed by atoms with Crippen molar-refractivity contribution in [1.29, 1.82) is 0 Å². The summed E-state index contributed by atoms with van der Waals surface area (Å²) in [7, 11) is 0. The average molecular weight is 250 g/mol. The van der Waals surface area contributed by atoms with Gasteiger partial charge in [0.1, 0.15) is 5.38 Å². The predicted octanol–water partition coefficient (Wildman–Crippen LogP) is 2.01. The summed E-state index contributed by atoms with van der Waals surface area (Å²) in [4.78, 5) is 11.8. The third kappa shape index (κ3) is 3.07. The number of hydrogen-bond donors (Lipinski definition) is 2. The van der Waals surface area contributed by atoms with Crippen LogP contribution in [0.1, 0.15) is 16.6 Å². The number of alkyl halides is 1. The van der Waals surface area contributed by atoms with Crippen molar-refractivity contribution in [1.82, 2.24) is 15.5 Å². The number of nitrogens with zero attached hydrogens (tertiary/aromatic N) is 1. The van der Waals surface area contributed by atoms with Gasteiger partial charge in [-0.05, 0) is 11.6 Å². The molecule has 1 atom stereocenters. The number of aromatic nitrogens is 2. The molecule has 0 fully saturated rings. The van der Waals surface area contributed by atoms with E-state index in [9.17, 15) is 4.79 Å². The molecule has 17 heavy (non-hydrogen) atoms. The minimum Gasteiger partial charge on any atom is -0.349 e. The van der Waals surface area contributed by atoms with Crippen LogP contribution in [0.15, 0.2) is 42.6 Å². The molecule has 2 N–H and O–H groups in total. The zero-order chi connectivity index (χ0) is 12.1. The summed E-state index contributed by atoms with van der Waals surface area (Å²) in [6, 6.07) is 11.0. The monoisotopic (exact) mass is 249 g/mol. The van der Waals surface area contributed by atoms with Gasteiger partial charge in [-0.15, -0.1) is 11.6 Å². The summed E-state index contributed by atoms with van der Waals surface area (Å²) >= 11 is 6.06. The van der Waals surface area contributed by atoms with Crippen LogP contribution in [0, 0.1) is 0 Å². The van der Waals surface area contributed by atoms with Crippen LogP contribution in [0.5, 0.6) is 0 Å². The lowest BCUT2D eigenvalue weighted by atomic mass is 10.1. The first-order valence-corrected chi connectivity index (χ1v) is 5.66. The maximum atomic E-state index is 11.8. The minimum atomic E-state index is -0.667. The molecule has 0 aliphatic carbocycles. The van der Waals surface area contributed by atoms with Gasteiger partial charge in [-0.25, -0.2) is 0 Å². The van der Waals surface area contributed by atoms with Crippen LogP contribution in [0.3, 0.4) is 0 Å². The van der Waals surface area contributed by atoms with Gasteiger partial charge in [-0.3, -0.25) is 9.89 Å². The van der Waals surface area contributed by atoms with E-state index < -0.39 is 5.38 Å². The van der Waals surface area contributed by atoms with Crippen molar-refractivity contribution >= 4 is 17.5 Å². The van der Waals surface area contributed by atoms with Crippen LogP contribution in [0.25, 0.3) is 0 Å². The molecule has 1 aromatic heterocycles. The first-order chi connectivity index (χ1) is 8.27. The number of carbonyl (C=O) groups is 1.